The van der Waals surface area contributed by atoms with Gasteiger partial charge in [0.2, 0.25) is 4.61 Å². The molecule has 0 radical (unpaired) electrons. The van der Waals surface area contributed by atoms with Gasteiger partial charge in [0.25, 0.3) is 0 Å². The largest absolute Gasteiger partial charge is 0.399 e. The SMILES string of the molecule is N=C(C=C1[NH2+]C(Br)=C(c2cccc(N)c2)N=C1N)Cc1ccccc1F. The fourth-order valence-corrected chi connectivity index (χ4v) is 3.17. The number of anilines is 1. The molecule has 0 spiro atoms. The second kappa shape index (κ2) is 7.63. The summed E-state index contributed by atoms with van der Waals surface area (Å²) in [4.78, 5) is 4.44. The Hall–Kier alpha value is -2.77. The van der Waals surface area contributed by atoms with Crippen LogP contribution in [0.4, 0.5) is 10.1 Å². The maximum Gasteiger partial charge on any atom is 0.204 e. The molecule has 1 heterocycles. The second-order valence-corrected chi connectivity index (χ2v) is 6.71. The van der Waals surface area contributed by atoms with Gasteiger partial charge in [-0.05, 0) is 23.8 Å². The molecule has 26 heavy (non-hydrogen) atoms. The van der Waals surface area contributed by atoms with Crippen LogP contribution in [0.5, 0.6) is 0 Å². The van der Waals surface area contributed by atoms with E-state index < -0.39 is 0 Å². The minimum absolute atomic E-state index is 0.181. The molecule has 0 bridgehead atoms. The normalized spacial score (nSPS) is 15.9. The molecule has 7 heteroatoms. The maximum atomic E-state index is 13.7. The van der Waals surface area contributed by atoms with Gasteiger partial charge in [0.15, 0.2) is 11.5 Å². The van der Waals surface area contributed by atoms with Gasteiger partial charge >= 0.3 is 0 Å². The minimum atomic E-state index is -0.324. The van der Waals surface area contributed by atoms with E-state index in [1.54, 1.807) is 35.7 Å². The highest BCUT2D eigenvalue weighted by atomic mass is 79.9. The molecule has 0 saturated heterocycles. The molecule has 3 rings (SSSR count). The lowest BCUT2D eigenvalue weighted by Gasteiger charge is -2.14. The van der Waals surface area contributed by atoms with Crippen molar-refractivity contribution in [2.45, 2.75) is 6.42 Å². The van der Waals surface area contributed by atoms with Crippen LogP contribution in [0, 0.1) is 11.2 Å². The van der Waals surface area contributed by atoms with E-state index in [9.17, 15) is 4.39 Å². The van der Waals surface area contributed by atoms with Gasteiger partial charge in [0.05, 0.1) is 0 Å². The van der Waals surface area contributed by atoms with Gasteiger partial charge < -0.3 is 16.9 Å². The van der Waals surface area contributed by atoms with Crippen molar-refractivity contribution in [1.82, 2.24) is 0 Å². The zero-order valence-corrected chi connectivity index (χ0v) is 15.4. The lowest BCUT2D eigenvalue weighted by molar-refractivity contribution is -0.532. The first-order chi connectivity index (χ1) is 12.4. The number of halogens is 2. The summed E-state index contributed by atoms with van der Waals surface area (Å²) >= 11 is 3.50. The van der Waals surface area contributed by atoms with Crippen LogP contribution in [0.15, 0.2) is 69.9 Å². The topological polar surface area (TPSA) is 105 Å². The fraction of sp³-hybridized carbons (Fsp3) is 0.0526. The molecule has 0 aliphatic carbocycles. The van der Waals surface area contributed by atoms with E-state index in [2.05, 4.69) is 20.9 Å². The van der Waals surface area contributed by atoms with Gasteiger partial charge in [-0.1, -0.05) is 30.3 Å². The van der Waals surface area contributed by atoms with Crippen molar-refractivity contribution < 1.29 is 9.71 Å². The van der Waals surface area contributed by atoms with Gasteiger partial charge in [-0.25, -0.2) is 9.38 Å². The summed E-state index contributed by atoms with van der Waals surface area (Å²) in [6, 6.07) is 13.8. The first-order valence-electron chi connectivity index (χ1n) is 7.91. The molecule has 132 valence electrons. The Balaban J connectivity index is 1.82. The number of quaternary nitrogens is 1. The third-order valence-electron chi connectivity index (χ3n) is 3.87. The Morgan fingerprint density at radius 1 is 1.19 bits per heavy atom. The van der Waals surface area contributed by atoms with Crippen LogP contribution in [-0.2, 0) is 6.42 Å². The van der Waals surface area contributed by atoms with E-state index in [1.807, 2.05) is 18.2 Å². The number of hydrogen-bond donors (Lipinski definition) is 4. The summed E-state index contributed by atoms with van der Waals surface area (Å²) in [6.07, 6.45) is 1.78. The monoisotopic (exact) mass is 414 g/mol. The Labute approximate surface area is 159 Å². The Morgan fingerprint density at radius 3 is 2.69 bits per heavy atom. The standard InChI is InChI=1S/C19H17BrFN5/c20-18-17(12-5-3-6-13(22)9-12)26-19(24)16(25-18)10-14(23)8-11-4-1-2-7-15(11)21/h1-7,9-10,23,25H,8,22H2,(H2,24,26)/p+1. The lowest BCUT2D eigenvalue weighted by atomic mass is 10.1. The zero-order valence-electron chi connectivity index (χ0n) is 13.8. The van der Waals surface area contributed by atoms with E-state index in [0.29, 0.717) is 28.5 Å². The first-order valence-corrected chi connectivity index (χ1v) is 8.71. The third-order valence-corrected chi connectivity index (χ3v) is 4.47. The summed E-state index contributed by atoms with van der Waals surface area (Å²) in [5.74, 6) is -0.0288. The Kier molecular flexibility index (Phi) is 5.29. The van der Waals surface area contributed by atoms with Gasteiger partial charge in [-0.3, -0.25) is 5.32 Å². The van der Waals surface area contributed by atoms with Crippen molar-refractivity contribution in [3.05, 3.63) is 81.9 Å². The summed E-state index contributed by atoms with van der Waals surface area (Å²) in [5, 5.41) is 9.94. The van der Waals surface area contributed by atoms with Crippen LogP contribution >= 0.6 is 15.9 Å². The maximum absolute atomic E-state index is 13.7. The zero-order chi connectivity index (χ0) is 18.7. The molecule has 7 N–H and O–H groups in total. The van der Waals surface area contributed by atoms with Crippen LogP contribution < -0.4 is 16.8 Å². The molecule has 0 atom stereocenters. The number of nitrogens with zero attached hydrogens (tertiary/aromatic N) is 1. The van der Waals surface area contributed by atoms with Crippen LogP contribution in [0.25, 0.3) is 5.70 Å². The molecule has 0 unspecified atom stereocenters. The summed E-state index contributed by atoms with van der Waals surface area (Å²) < 4.78 is 14.5. The molecule has 0 fully saturated rings. The highest BCUT2D eigenvalue weighted by Crippen LogP contribution is 2.24. The summed E-state index contributed by atoms with van der Waals surface area (Å²) in [5.41, 5.74) is 15.4. The van der Waals surface area contributed by atoms with Crippen molar-refractivity contribution in [2.24, 2.45) is 10.7 Å². The van der Waals surface area contributed by atoms with Crippen molar-refractivity contribution in [1.29, 1.82) is 5.41 Å². The van der Waals surface area contributed by atoms with Crippen molar-refractivity contribution in [3.63, 3.8) is 0 Å². The molecule has 1 aliphatic rings. The molecule has 2 aromatic carbocycles. The summed E-state index contributed by atoms with van der Waals surface area (Å²) in [6.45, 7) is 0. The molecule has 0 aromatic heterocycles. The number of rotatable bonds is 4. The number of amidine groups is 1. The van der Waals surface area contributed by atoms with E-state index in [-0.39, 0.29) is 17.9 Å². The Morgan fingerprint density at radius 2 is 1.96 bits per heavy atom. The number of aliphatic imine (C=N–C) groups is 1. The van der Waals surface area contributed by atoms with Crippen LogP contribution in [-0.4, -0.2) is 11.5 Å². The van der Waals surface area contributed by atoms with Gasteiger partial charge in [-0.15, -0.1) is 0 Å². The number of benzene rings is 2. The van der Waals surface area contributed by atoms with Crippen molar-refractivity contribution in [3.8, 4) is 0 Å². The molecule has 5 nitrogen and oxygen atoms in total. The quantitative estimate of drug-likeness (QED) is 0.350. The van der Waals surface area contributed by atoms with E-state index >= 15 is 0 Å². The third kappa shape index (κ3) is 4.07. The number of allylic oxidation sites excluding steroid dienone is 1. The predicted octanol–water partition coefficient (Wildman–Crippen LogP) is 2.51. The first kappa shape index (κ1) is 18.0. The van der Waals surface area contributed by atoms with Crippen molar-refractivity contribution >= 4 is 38.9 Å². The van der Waals surface area contributed by atoms with E-state index in [4.69, 9.17) is 16.9 Å². The number of nitrogen functional groups attached to an aromatic ring is 1. The lowest BCUT2D eigenvalue weighted by Crippen LogP contribution is -2.82. The summed E-state index contributed by atoms with van der Waals surface area (Å²) in [7, 11) is 0. The average Bonchev–Trinajstić information content (AvgIpc) is 2.60. The molecule has 0 amide bonds. The van der Waals surface area contributed by atoms with Gasteiger partial charge in [0.1, 0.15) is 11.5 Å². The average molecular weight is 415 g/mol. The number of hydrogen-bond acceptors (Lipinski definition) is 4. The Bertz CT molecular complexity index is 962. The van der Waals surface area contributed by atoms with Gasteiger partial charge in [-0.2, -0.15) is 0 Å². The van der Waals surface area contributed by atoms with E-state index in [0.717, 1.165) is 10.2 Å². The van der Waals surface area contributed by atoms with Gasteiger partial charge in [0, 0.05) is 45.4 Å². The molecular formula is C19H18BrFN5+. The second-order valence-electron chi connectivity index (χ2n) is 5.86. The molecule has 0 saturated carbocycles. The van der Waals surface area contributed by atoms with Crippen LogP contribution in [0.1, 0.15) is 11.1 Å². The van der Waals surface area contributed by atoms with Crippen molar-refractivity contribution in [2.75, 3.05) is 5.73 Å². The van der Waals surface area contributed by atoms with E-state index in [1.165, 1.54) is 6.07 Å². The van der Waals surface area contributed by atoms with Crippen LogP contribution in [0.2, 0.25) is 0 Å². The molecular weight excluding hydrogens is 397 g/mol. The number of nitrogens with one attached hydrogen (secondary N) is 1. The number of nitrogens with two attached hydrogens (primary N) is 3. The highest BCUT2D eigenvalue weighted by molar-refractivity contribution is 9.11. The smallest absolute Gasteiger partial charge is 0.204 e. The molecule has 1 aliphatic heterocycles. The fourth-order valence-electron chi connectivity index (χ4n) is 2.61. The molecule has 2 aromatic rings. The highest BCUT2D eigenvalue weighted by Gasteiger charge is 2.22. The predicted molar refractivity (Wildman–Crippen MR) is 106 cm³/mol. The van der Waals surface area contributed by atoms with Crippen LogP contribution in [0.3, 0.4) is 0 Å². The minimum Gasteiger partial charge on any atom is -0.399 e.